The number of hydrogen-bond acceptors (Lipinski definition) is 4. The number of anilines is 1. The Hall–Kier alpha value is -2.16. The molecule has 0 fully saturated rings. The topological polar surface area (TPSA) is 75.3 Å². The Morgan fingerprint density at radius 3 is 2.91 bits per heavy atom. The van der Waals surface area contributed by atoms with Gasteiger partial charge < -0.3 is 4.74 Å². The SMILES string of the molecule is Cc1[nH]nc2c1CCCN2S(=O)(=O)c1cccc(OC(F)F)c1. The lowest BCUT2D eigenvalue weighted by Crippen LogP contribution is -2.35. The van der Waals surface area contributed by atoms with Crippen molar-refractivity contribution in [2.75, 3.05) is 10.8 Å². The van der Waals surface area contributed by atoms with Gasteiger partial charge in [0.1, 0.15) is 5.75 Å². The van der Waals surface area contributed by atoms with Crippen LogP contribution in [0.1, 0.15) is 17.7 Å². The number of sulfonamides is 1. The highest BCUT2D eigenvalue weighted by molar-refractivity contribution is 7.92. The molecule has 23 heavy (non-hydrogen) atoms. The van der Waals surface area contributed by atoms with Gasteiger partial charge in [0, 0.05) is 23.9 Å². The first-order valence-electron chi connectivity index (χ1n) is 7.01. The minimum Gasteiger partial charge on any atom is -0.435 e. The maximum absolute atomic E-state index is 12.8. The van der Waals surface area contributed by atoms with E-state index in [4.69, 9.17) is 0 Å². The number of alkyl halides is 2. The Labute approximate surface area is 132 Å². The third kappa shape index (κ3) is 2.88. The van der Waals surface area contributed by atoms with E-state index in [1.807, 2.05) is 6.92 Å². The van der Waals surface area contributed by atoms with E-state index < -0.39 is 16.6 Å². The minimum atomic E-state index is -3.89. The number of aryl methyl sites for hydroxylation is 1. The first-order valence-corrected chi connectivity index (χ1v) is 8.45. The molecule has 0 unspecified atom stereocenters. The molecule has 0 atom stereocenters. The van der Waals surface area contributed by atoms with E-state index in [-0.39, 0.29) is 10.6 Å². The predicted octanol–water partition coefficient (Wildman–Crippen LogP) is 2.46. The van der Waals surface area contributed by atoms with Gasteiger partial charge in [-0.3, -0.25) is 5.10 Å². The molecule has 1 aliphatic rings. The molecule has 0 spiro atoms. The lowest BCUT2D eigenvalue weighted by atomic mass is 10.1. The van der Waals surface area contributed by atoms with Crippen LogP contribution < -0.4 is 9.04 Å². The third-order valence-electron chi connectivity index (χ3n) is 3.69. The Morgan fingerprint density at radius 1 is 1.39 bits per heavy atom. The van der Waals surface area contributed by atoms with Crippen LogP contribution in [0.3, 0.4) is 0 Å². The number of aromatic amines is 1. The molecule has 124 valence electrons. The fourth-order valence-corrected chi connectivity index (χ4v) is 4.14. The van der Waals surface area contributed by atoms with Crippen molar-refractivity contribution < 1.29 is 21.9 Å². The number of aromatic nitrogens is 2. The number of halogens is 2. The van der Waals surface area contributed by atoms with Gasteiger partial charge in [0.2, 0.25) is 0 Å². The summed E-state index contributed by atoms with van der Waals surface area (Å²) in [5, 5.41) is 6.86. The van der Waals surface area contributed by atoms with E-state index in [1.165, 1.54) is 22.5 Å². The zero-order valence-corrected chi connectivity index (χ0v) is 13.1. The smallest absolute Gasteiger partial charge is 0.387 e. The predicted molar refractivity (Wildman–Crippen MR) is 79.3 cm³/mol. The molecular weight excluding hydrogens is 328 g/mol. The van der Waals surface area contributed by atoms with Crippen LogP contribution in [0.15, 0.2) is 29.2 Å². The Bertz CT molecular complexity index is 820. The Kier molecular flexibility index (Phi) is 3.97. The van der Waals surface area contributed by atoms with E-state index in [0.29, 0.717) is 18.8 Å². The lowest BCUT2D eigenvalue weighted by molar-refractivity contribution is -0.0499. The van der Waals surface area contributed by atoms with Crippen molar-refractivity contribution in [3.63, 3.8) is 0 Å². The van der Waals surface area contributed by atoms with E-state index in [0.717, 1.165) is 23.7 Å². The normalized spacial score (nSPS) is 14.9. The molecule has 6 nitrogen and oxygen atoms in total. The van der Waals surface area contributed by atoms with Crippen molar-refractivity contribution in [2.45, 2.75) is 31.3 Å². The number of ether oxygens (including phenoxy) is 1. The molecule has 1 N–H and O–H groups in total. The Balaban J connectivity index is 2.00. The molecule has 0 amide bonds. The number of fused-ring (bicyclic) bond motifs is 1. The van der Waals surface area contributed by atoms with Crippen LogP contribution in [0.5, 0.6) is 5.75 Å². The molecule has 2 aromatic rings. The summed E-state index contributed by atoms with van der Waals surface area (Å²) in [4.78, 5) is -0.107. The molecule has 0 saturated carbocycles. The molecule has 0 saturated heterocycles. The highest BCUT2D eigenvalue weighted by Crippen LogP contribution is 2.32. The maximum atomic E-state index is 12.8. The van der Waals surface area contributed by atoms with Gasteiger partial charge in [-0.1, -0.05) is 6.07 Å². The average Bonchev–Trinajstić information content (AvgIpc) is 2.88. The van der Waals surface area contributed by atoms with E-state index in [1.54, 1.807) is 0 Å². The third-order valence-corrected chi connectivity index (χ3v) is 5.48. The molecule has 1 aliphatic heterocycles. The lowest BCUT2D eigenvalue weighted by Gasteiger charge is -2.27. The van der Waals surface area contributed by atoms with Crippen LogP contribution in [-0.2, 0) is 16.4 Å². The summed E-state index contributed by atoms with van der Waals surface area (Å²) in [5.41, 5.74) is 1.69. The maximum Gasteiger partial charge on any atom is 0.387 e. The van der Waals surface area contributed by atoms with Crippen molar-refractivity contribution in [1.82, 2.24) is 10.2 Å². The molecular formula is C14H15F2N3O3S. The van der Waals surface area contributed by atoms with E-state index >= 15 is 0 Å². The van der Waals surface area contributed by atoms with Crippen molar-refractivity contribution in [3.05, 3.63) is 35.5 Å². The molecule has 0 bridgehead atoms. The van der Waals surface area contributed by atoms with Crippen molar-refractivity contribution >= 4 is 15.8 Å². The van der Waals surface area contributed by atoms with E-state index in [2.05, 4.69) is 14.9 Å². The van der Waals surface area contributed by atoms with Crippen molar-refractivity contribution in [2.24, 2.45) is 0 Å². The van der Waals surface area contributed by atoms with Crippen LogP contribution in [0.4, 0.5) is 14.6 Å². The molecule has 0 aliphatic carbocycles. The summed E-state index contributed by atoms with van der Waals surface area (Å²) in [5.74, 6) is 0.172. The molecule has 1 aromatic carbocycles. The second kappa shape index (κ2) is 5.80. The molecule has 1 aromatic heterocycles. The highest BCUT2D eigenvalue weighted by atomic mass is 32.2. The fourth-order valence-electron chi connectivity index (χ4n) is 2.62. The highest BCUT2D eigenvalue weighted by Gasteiger charge is 2.32. The van der Waals surface area contributed by atoms with Crippen LogP contribution in [-0.4, -0.2) is 31.8 Å². The number of nitrogens with one attached hydrogen (secondary N) is 1. The largest absolute Gasteiger partial charge is 0.435 e. The van der Waals surface area contributed by atoms with Gasteiger partial charge in [-0.2, -0.15) is 13.9 Å². The van der Waals surface area contributed by atoms with Gasteiger partial charge in [0.15, 0.2) is 5.82 Å². The van der Waals surface area contributed by atoms with Crippen molar-refractivity contribution in [3.8, 4) is 5.75 Å². The van der Waals surface area contributed by atoms with E-state index in [9.17, 15) is 17.2 Å². The summed E-state index contributed by atoms with van der Waals surface area (Å²) in [6, 6.07) is 5.09. The zero-order chi connectivity index (χ0) is 16.6. The first-order chi connectivity index (χ1) is 10.9. The average molecular weight is 343 g/mol. The summed E-state index contributed by atoms with van der Waals surface area (Å²) < 4.78 is 55.7. The molecule has 3 rings (SSSR count). The van der Waals surface area contributed by atoms with Crippen molar-refractivity contribution in [1.29, 1.82) is 0 Å². The first kappa shape index (κ1) is 15.7. The summed E-state index contributed by atoms with van der Waals surface area (Å²) in [6.45, 7) is -0.887. The van der Waals surface area contributed by atoms with Gasteiger partial charge >= 0.3 is 6.61 Å². The van der Waals surface area contributed by atoms with Gasteiger partial charge in [0.05, 0.1) is 4.90 Å². The van der Waals surface area contributed by atoms with Crippen LogP contribution in [0.2, 0.25) is 0 Å². The van der Waals surface area contributed by atoms with Crippen LogP contribution >= 0.6 is 0 Å². The number of H-pyrrole nitrogens is 1. The van der Waals surface area contributed by atoms with Gasteiger partial charge in [-0.05, 0) is 31.9 Å². The summed E-state index contributed by atoms with van der Waals surface area (Å²) in [6.07, 6.45) is 1.41. The number of rotatable bonds is 4. The fraction of sp³-hybridized carbons (Fsp3) is 0.357. The van der Waals surface area contributed by atoms with Gasteiger partial charge in [-0.15, -0.1) is 0 Å². The monoisotopic (exact) mass is 343 g/mol. The number of benzene rings is 1. The second-order valence-electron chi connectivity index (χ2n) is 5.18. The zero-order valence-electron chi connectivity index (χ0n) is 12.3. The summed E-state index contributed by atoms with van der Waals surface area (Å²) >= 11 is 0. The standard InChI is InChI=1S/C14H15F2N3O3S/c1-9-12-6-3-7-19(13(12)18-17-9)23(20,21)11-5-2-4-10(8-11)22-14(15)16/h2,4-5,8,14H,3,6-7H2,1H3,(H,17,18). The summed E-state index contributed by atoms with van der Waals surface area (Å²) in [7, 11) is -3.89. The van der Waals surface area contributed by atoms with Crippen LogP contribution in [0.25, 0.3) is 0 Å². The quantitative estimate of drug-likeness (QED) is 0.925. The minimum absolute atomic E-state index is 0.107. The molecule has 0 radical (unpaired) electrons. The van der Waals surface area contributed by atoms with Gasteiger partial charge in [0.25, 0.3) is 10.0 Å². The number of hydrogen-bond donors (Lipinski definition) is 1. The van der Waals surface area contributed by atoms with Crippen LogP contribution in [0, 0.1) is 6.92 Å². The molecule has 9 heteroatoms. The Morgan fingerprint density at radius 2 is 2.17 bits per heavy atom. The van der Waals surface area contributed by atoms with Gasteiger partial charge in [-0.25, -0.2) is 12.7 Å². The molecule has 2 heterocycles. The number of nitrogens with zero attached hydrogens (tertiary/aromatic N) is 2. The second-order valence-corrected chi connectivity index (χ2v) is 7.05.